The molecule has 1 heterocycles. The molecule has 5 nitrogen and oxygen atoms in total. The molecule has 1 rings (SSSR count). The van der Waals surface area contributed by atoms with Crippen LogP contribution < -0.4 is 16.0 Å². The highest BCUT2D eigenvalue weighted by atomic mass is 19.4. The Morgan fingerprint density at radius 2 is 2.00 bits per heavy atom. The maximum Gasteiger partial charge on any atom is 0.433 e. The van der Waals surface area contributed by atoms with Crippen molar-refractivity contribution < 1.29 is 17.9 Å². The molecule has 0 bridgehead atoms. The predicted octanol–water partition coefficient (Wildman–Crippen LogP) is 1.57. The van der Waals surface area contributed by atoms with Crippen LogP contribution in [0.25, 0.3) is 0 Å². The van der Waals surface area contributed by atoms with E-state index in [2.05, 4.69) is 15.9 Å². The van der Waals surface area contributed by atoms with Crippen LogP contribution in [-0.2, 0) is 6.18 Å². The largest absolute Gasteiger partial charge is 0.458 e. The Hall–Kier alpha value is -2.01. The molecule has 8 heteroatoms. The van der Waals surface area contributed by atoms with Crippen LogP contribution in [0.5, 0.6) is 5.88 Å². The standard InChI is InChI=1S/C10H11F3N4O/c1-4-9(2,3)18-7-5-6(10(11,12)13)15-8(16-7)17-14/h1,5H,14H2,2-3H3,(H,15,16,17). The minimum atomic E-state index is -4.63. The summed E-state index contributed by atoms with van der Waals surface area (Å²) in [7, 11) is 0. The van der Waals surface area contributed by atoms with Crippen LogP contribution in [0, 0.1) is 12.3 Å². The first-order chi connectivity index (χ1) is 8.18. The molecule has 0 spiro atoms. The van der Waals surface area contributed by atoms with Gasteiger partial charge in [-0.15, -0.1) is 6.42 Å². The molecule has 0 saturated heterocycles. The first-order valence-electron chi connectivity index (χ1n) is 4.77. The first-order valence-corrected chi connectivity index (χ1v) is 4.77. The first kappa shape index (κ1) is 14.1. The molecule has 0 amide bonds. The van der Waals surface area contributed by atoms with Crippen LogP contribution >= 0.6 is 0 Å². The highest BCUT2D eigenvalue weighted by Crippen LogP contribution is 2.30. The SMILES string of the molecule is C#CC(C)(C)Oc1cc(C(F)(F)F)nc(NN)n1. The van der Waals surface area contributed by atoms with E-state index in [0.29, 0.717) is 6.07 Å². The maximum absolute atomic E-state index is 12.5. The van der Waals surface area contributed by atoms with Crippen molar-refractivity contribution >= 4 is 5.95 Å². The molecule has 0 radical (unpaired) electrons. The number of nitrogens with two attached hydrogens (primary N) is 1. The molecule has 0 atom stereocenters. The lowest BCUT2D eigenvalue weighted by Gasteiger charge is -2.20. The number of alkyl halides is 3. The number of ether oxygens (including phenoxy) is 1. The number of hydrazine groups is 1. The molecule has 1 aromatic heterocycles. The smallest absolute Gasteiger partial charge is 0.433 e. The van der Waals surface area contributed by atoms with Crippen molar-refractivity contribution in [2.45, 2.75) is 25.6 Å². The van der Waals surface area contributed by atoms with Gasteiger partial charge in [-0.25, -0.2) is 10.8 Å². The minimum absolute atomic E-state index is 0.312. The molecule has 0 aliphatic rings. The average Bonchev–Trinajstić information content (AvgIpc) is 2.27. The zero-order valence-corrected chi connectivity index (χ0v) is 9.67. The van der Waals surface area contributed by atoms with Crippen LogP contribution in [0.15, 0.2) is 6.07 Å². The van der Waals surface area contributed by atoms with Gasteiger partial charge in [0.1, 0.15) is 0 Å². The van der Waals surface area contributed by atoms with Gasteiger partial charge < -0.3 is 4.74 Å². The van der Waals surface area contributed by atoms with Gasteiger partial charge in [0, 0.05) is 6.07 Å². The summed E-state index contributed by atoms with van der Waals surface area (Å²) < 4.78 is 42.8. The normalized spacial score (nSPS) is 11.8. The van der Waals surface area contributed by atoms with Crippen molar-refractivity contribution in [1.82, 2.24) is 9.97 Å². The van der Waals surface area contributed by atoms with Crippen molar-refractivity contribution in [3.05, 3.63) is 11.8 Å². The summed E-state index contributed by atoms with van der Waals surface area (Å²) in [6, 6.07) is 0.653. The molecule has 0 aliphatic carbocycles. The van der Waals surface area contributed by atoms with Gasteiger partial charge in [0.15, 0.2) is 11.3 Å². The number of hydrogen-bond acceptors (Lipinski definition) is 5. The third-order valence-corrected chi connectivity index (χ3v) is 1.83. The number of rotatable bonds is 3. The highest BCUT2D eigenvalue weighted by Gasteiger charge is 2.34. The van der Waals surface area contributed by atoms with Crippen molar-refractivity contribution in [2.75, 3.05) is 5.43 Å². The number of nitrogen functional groups attached to an aromatic ring is 1. The fourth-order valence-electron chi connectivity index (χ4n) is 0.978. The summed E-state index contributed by atoms with van der Waals surface area (Å²) in [5.41, 5.74) is -0.337. The second-order valence-electron chi connectivity index (χ2n) is 3.81. The lowest BCUT2D eigenvalue weighted by Crippen LogP contribution is -2.27. The highest BCUT2D eigenvalue weighted by molar-refractivity contribution is 5.31. The lowest BCUT2D eigenvalue weighted by atomic mass is 10.1. The molecular weight excluding hydrogens is 249 g/mol. The number of halogens is 3. The molecule has 98 valence electrons. The summed E-state index contributed by atoms with van der Waals surface area (Å²) in [6.07, 6.45) is 0.536. The van der Waals surface area contributed by atoms with E-state index in [-0.39, 0.29) is 5.88 Å². The predicted molar refractivity (Wildman–Crippen MR) is 58.4 cm³/mol. The molecule has 0 aromatic carbocycles. The van der Waals surface area contributed by atoms with Crippen LogP contribution in [0.2, 0.25) is 0 Å². The summed E-state index contributed by atoms with van der Waals surface area (Å²) in [4.78, 5) is 6.81. The molecule has 3 N–H and O–H groups in total. The minimum Gasteiger partial charge on any atom is -0.458 e. The van der Waals surface area contributed by atoms with Gasteiger partial charge >= 0.3 is 6.18 Å². The Morgan fingerprint density at radius 3 is 2.44 bits per heavy atom. The Morgan fingerprint density at radius 1 is 1.39 bits per heavy atom. The fraction of sp³-hybridized carbons (Fsp3) is 0.400. The number of terminal acetylenes is 1. The molecule has 0 fully saturated rings. The number of hydrogen-bond donors (Lipinski definition) is 2. The van der Waals surface area contributed by atoms with E-state index in [9.17, 15) is 13.2 Å². The van der Waals surface area contributed by atoms with Crippen LogP contribution in [0.1, 0.15) is 19.5 Å². The second kappa shape index (κ2) is 4.70. The average molecular weight is 260 g/mol. The molecule has 0 saturated carbocycles. The van der Waals surface area contributed by atoms with Gasteiger partial charge in [-0.05, 0) is 13.8 Å². The number of nitrogens with zero attached hydrogens (tertiary/aromatic N) is 2. The summed E-state index contributed by atoms with van der Waals surface area (Å²) >= 11 is 0. The van der Waals surface area contributed by atoms with Gasteiger partial charge in [0.25, 0.3) is 0 Å². The van der Waals surface area contributed by atoms with E-state index >= 15 is 0 Å². The Balaban J connectivity index is 3.18. The van der Waals surface area contributed by atoms with Crippen molar-refractivity contribution in [2.24, 2.45) is 5.84 Å². The maximum atomic E-state index is 12.5. The van der Waals surface area contributed by atoms with Gasteiger partial charge in [-0.2, -0.15) is 18.2 Å². The quantitative estimate of drug-likeness (QED) is 0.490. The van der Waals surface area contributed by atoms with Crippen molar-refractivity contribution in [3.63, 3.8) is 0 Å². The summed E-state index contributed by atoms with van der Waals surface area (Å²) in [5, 5.41) is 0. The van der Waals surface area contributed by atoms with Crippen LogP contribution in [-0.4, -0.2) is 15.6 Å². The number of aromatic nitrogens is 2. The fourth-order valence-corrected chi connectivity index (χ4v) is 0.978. The molecule has 0 aliphatic heterocycles. The summed E-state index contributed by atoms with van der Waals surface area (Å²) in [6.45, 7) is 3.02. The van der Waals surface area contributed by atoms with Gasteiger partial charge in [0.05, 0.1) is 0 Å². The van der Waals surface area contributed by atoms with E-state index in [1.165, 1.54) is 13.8 Å². The molecule has 0 unspecified atom stereocenters. The zero-order valence-electron chi connectivity index (χ0n) is 9.67. The van der Waals surface area contributed by atoms with Gasteiger partial charge in [-0.3, -0.25) is 5.43 Å². The molecule has 1 aromatic rings. The van der Waals surface area contributed by atoms with Crippen molar-refractivity contribution in [1.29, 1.82) is 0 Å². The molecular formula is C10H11F3N4O. The molecule has 18 heavy (non-hydrogen) atoms. The van der Waals surface area contributed by atoms with E-state index < -0.39 is 23.4 Å². The van der Waals surface area contributed by atoms with E-state index in [4.69, 9.17) is 17.0 Å². The zero-order chi connectivity index (χ0) is 14.0. The lowest BCUT2D eigenvalue weighted by molar-refractivity contribution is -0.141. The monoisotopic (exact) mass is 260 g/mol. The van der Waals surface area contributed by atoms with Crippen LogP contribution in [0.4, 0.5) is 19.1 Å². The Bertz CT molecular complexity index is 479. The Kier molecular flexibility index (Phi) is 3.67. The van der Waals surface area contributed by atoms with E-state index in [0.717, 1.165) is 0 Å². The van der Waals surface area contributed by atoms with Crippen molar-refractivity contribution in [3.8, 4) is 18.2 Å². The topological polar surface area (TPSA) is 73.1 Å². The summed E-state index contributed by atoms with van der Waals surface area (Å²) in [5.74, 6) is 6.54. The number of nitrogens with one attached hydrogen (secondary N) is 1. The van der Waals surface area contributed by atoms with E-state index in [1.54, 1.807) is 0 Å². The van der Waals surface area contributed by atoms with Gasteiger partial charge in [0.2, 0.25) is 11.8 Å². The van der Waals surface area contributed by atoms with E-state index in [1.807, 2.05) is 5.43 Å². The third kappa shape index (κ3) is 3.49. The van der Waals surface area contributed by atoms with Gasteiger partial charge in [-0.1, -0.05) is 5.92 Å². The number of anilines is 1. The van der Waals surface area contributed by atoms with Crippen LogP contribution in [0.3, 0.4) is 0 Å². The second-order valence-corrected chi connectivity index (χ2v) is 3.81. The Labute approximate surface area is 102 Å². The third-order valence-electron chi connectivity index (χ3n) is 1.83.